The number of rotatable bonds is 7. The maximum absolute atomic E-state index is 5.52. The molecule has 0 saturated heterocycles. The first-order chi connectivity index (χ1) is 5.72. The SMILES string of the molecule is [B]CCC(C)C(C)CCCCC. The van der Waals surface area contributed by atoms with Gasteiger partial charge in [-0.05, 0) is 11.8 Å². The van der Waals surface area contributed by atoms with Crippen molar-refractivity contribution in [1.82, 2.24) is 0 Å². The highest BCUT2D eigenvalue weighted by molar-refractivity contribution is 6.08. The molecule has 2 atom stereocenters. The average molecular weight is 166 g/mol. The lowest BCUT2D eigenvalue weighted by molar-refractivity contribution is 0.344. The van der Waals surface area contributed by atoms with Gasteiger partial charge < -0.3 is 0 Å². The quantitative estimate of drug-likeness (QED) is 0.398. The third kappa shape index (κ3) is 5.68. The second-order valence-electron chi connectivity index (χ2n) is 4.03. The average Bonchev–Trinajstić information content (AvgIpc) is 2.05. The van der Waals surface area contributed by atoms with Crippen molar-refractivity contribution >= 4 is 7.85 Å². The zero-order valence-electron chi connectivity index (χ0n) is 8.97. The van der Waals surface area contributed by atoms with Gasteiger partial charge in [-0.3, -0.25) is 0 Å². The number of hydrogen-bond donors (Lipinski definition) is 0. The summed E-state index contributed by atoms with van der Waals surface area (Å²) in [4.78, 5) is 0. The van der Waals surface area contributed by atoms with Crippen LogP contribution in [-0.2, 0) is 0 Å². The third-order valence-corrected chi connectivity index (χ3v) is 2.86. The van der Waals surface area contributed by atoms with E-state index in [-0.39, 0.29) is 0 Å². The minimum Gasteiger partial charge on any atom is -0.0884 e. The molecule has 0 fully saturated rings. The number of unbranched alkanes of at least 4 members (excludes halogenated alkanes) is 2. The molecule has 2 radical (unpaired) electrons. The molecule has 0 aliphatic carbocycles. The van der Waals surface area contributed by atoms with E-state index in [0.29, 0.717) is 0 Å². The van der Waals surface area contributed by atoms with E-state index in [1.807, 2.05) is 0 Å². The van der Waals surface area contributed by atoms with Crippen LogP contribution >= 0.6 is 0 Å². The predicted molar refractivity (Wildman–Crippen MR) is 57.6 cm³/mol. The van der Waals surface area contributed by atoms with Gasteiger partial charge in [0.25, 0.3) is 0 Å². The highest BCUT2D eigenvalue weighted by Gasteiger charge is 2.09. The molecule has 0 aromatic heterocycles. The standard InChI is InChI=1S/C11H23B/c1-4-5-6-7-10(2)11(3)8-9-12/h10-11H,4-9H2,1-3H3. The van der Waals surface area contributed by atoms with Crippen LogP contribution in [0, 0.1) is 11.8 Å². The van der Waals surface area contributed by atoms with E-state index in [1.54, 1.807) is 0 Å². The Bertz CT molecular complexity index is 91.0. The molecule has 0 aromatic rings. The number of hydrogen-bond acceptors (Lipinski definition) is 0. The van der Waals surface area contributed by atoms with Crippen molar-refractivity contribution < 1.29 is 0 Å². The van der Waals surface area contributed by atoms with Crippen LogP contribution in [0.25, 0.3) is 0 Å². The Labute approximate surface area is 79.5 Å². The van der Waals surface area contributed by atoms with E-state index in [2.05, 4.69) is 20.8 Å². The van der Waals surface area contributed by atoms with Gasteiger partial charge in [-0.1, -0.05) is 59.2 Å². The van der Waals surface area contributed by atoms with Crippen LogP contribution in [0.4, 0.5) is 0 Å². The molecule has 0 amide bonds. The smallest absolute Gasteiger partial charge is 0.0653 e. The largest absolute Gasteiger partial charge is 0.0884 e. The lowest BCUT2D eigenvalue weighted by Gasteiger charge is -2.18. The van der Waals surface area contributed by atoms with Crippen LogP contribution in [0.3, 0.4) is 0 Å². The summed E-state index contributed by atoms with van der Waals surface area (Å²) in [5, 5.41) is 0. The second kappa shape index (κ2) is 7.70. The van der Waals surface area contributed by atoms with Crippen molar-refractivity contribution in [3.8, 4) is 0 Å². The molecule has 0 aliphatic heterocycles. The zero-order valence-corrected chi connectivity index (χ0v) is 8.97. The van der Waals surface area contributed by atoms with Gasteiger partial charge in [-0.15, -0.1) is 0 Å². The molecular weight excluding hydrogens is 143 g/mol. The molecule has 1 heteroatoms. The van der Waals surface area contributed by atoms with Crippen molar-refractivity contribution in [2.24, 2.45) is 11.8 Å². The van der Waals surface area contributed by atoms with Crippen molar-refractivity contribution in [1.29, 1.82) is 0 Å². The van der Waals surface area contributed by atoms with Gasteiger partial charge in [0.15, 0.2) is 0 Å². The second-order valence-corrected chi connectivity index (χ2v) is 4.03. The van der Waals surface area contributed by atoms with Crippen LogP contribution in [0.5, 0.6) is 0 Å². The van der Waals surface area contributed by atoms with Gasteiger partial charge in [-0.25, -0.2) is 0 Å². The summed E-state index contributed by atoms with van der Waals surface area (Å²) in [5.74, 6) is 1.67. The Morgan fingerprint density at radius 3 is 2.08 bits per heavy atom. The highest BCUT2D eigenvalue weighted by Crippen LogP contribution is 2.21. The van der Waals surface area contributed by atoms with Crippen molar-refractivity contribution in [2.45, 2.75) is 59.2 Å². The fourth-order valence-electron chi connectivity index (χ4n) is 1.55. The summed E-state index contributed by atoms with van der Waals surface area (Å²) < 4.78 is 0. The molecule has 0 N–H and O–H groups in total. The lowest BCUT2D eigenvalue weighted by atomic mass is 9.84. The monoisotopic (exact) mass is 166 g/mol. The molecular formula is C11H23B. The van der Waals surface area contributed by atoms with Crippen LogP contribution in [-0.4, -0.2) is 7.85 Å². The van der Waals surface area contributed by atoms with E-state index in [4.69, 9.17) is 7.85 Å². The fourth-order valence-corrected chi connectivity index (χ4v) is 1.55. The van der Waals surface area contributed by atoms with Crippen LogP contribution in [0.1, 0.15) is 52.9 Å². The predicted octanol–water partition coefficient (Wildman–Crippen LogP) is 3.82. The summed E-state index contributed by atoms with van der Waals surface area (Å²) in [6, 6.07) is 0. The Balaban J connectivity index is 3.35. The van der Waals surface area contributed by atoms with Crippen LogP contribution in [0.2, 0.25) is 6.32 Å². The van der Waals surface area contributed by atoms with E-state index in [9.17, 15) is 0 Å². The van der Waals surface area contributed by atoms with Crippen LogP contribution < -0.4 is 0 Å². The topological polar surface area (TPSA) is 0 Å². The Morgan fingerprint density at radius 1 is 1.00 bits per heavy atom. The minimum atomic E-state index is 0.812. The Morgan fingerprint density at radius 2 is 1.58 bits per heavy atom. The highest BCUT2D eigenvalue weighted by atomic mass is 14.1. The van der Waals surface area contributed by atoms with E-state index < -0.39 is 0 Å². The van der Waals surface area contributed by atoms with Crippen LogP contribution in [0.15, 0.2) is 0 Å². The molecule has 12 heavy (non-hydrogen) atoms. The molecule has 0 rings (SSSR count). The third-order valence-electron chi connectivity index (χ3n) is 2.86. The minimum absolute atomic E-state index is 0.812. The summed E-state index contributed by atoms with van der Waals surface area (Å²) in [5.41, 5.74) is 0. The van der Waals surface area contributed by atoms with Crippen molar-refractivity contribution in [2.75, 3.05) is 0 Å². The summed E-state index contributed by atoms with van der Waals surface area (Å²) in [6.07, 6.45) is 7.53. The molecule has 0 nitrogen and oxygen atoms in total. The molecule has 2 unspecified atom stereocenters. The van der Waals surface area contributed by atoms with Crippen molar-refractivity contribution in [3.63, 3.8) is 0 Å². The molecule has 0 aromatic carbocycles. The Kier molecular flexibility index (Phi) is 7.74. The lowest BCUT2D eigenvalue weighted by Crippen LogP contribution is -2.07. The van der Waals surface area contributed by atoms with Gasteiger partial charge in [0.05, 0.1) is 7.85 Å². The molecule has 0 heterocycles. The molecule has 0 spiro atoms. The normalized spacial score (nSPS) is 15.9. The Hall–Kier alpha value is 0.0649. The molecule has 0 aliphatic rings. The molecule has 0 bridgehead atoms. The van der Waals surface area contributed by atoms with Gasteiger partial charge in [0, 0.05) is 0 Å². The van der Waals surface area contributed by atoms with Gasteiger partial charge in [0.1, 0.15) is 0 Å². The van der Waals surface area contributed by atoms with Crippen molar-refractivity contribution in [3.05, 3.63) is 0 Å². The fraction of sp³-hybridized carbons (Fsp3) is 1.00. The summed E-state index contributed by atoms with van der Waals surface area (Å²) >= 11 is 0. The van der Waals surface area contributed by atoms with E-state index in [1.165, 1.54) is 32.1 Å². The maximum Gasteiger partial charge on any atom is 0.0653 e. The first-order valence-corrected chi connectivity index (χ1v) is 5.42. The first kappa shape index (κ1) is 12.1. The molecule has 0 saturated carbocycles. The van der Waals surface area contributed by atoms with E-state index in [0.717, 1.165) is 18.2 Å². The molecule has 70 valence electrons. The van der Waals surface area contributed by atoms with Gasteiger partial charge in [0.2, 0.25) is 0 Å². The summed E-state index contributed by atoms with van der Waals surface area (Å²) in [6.45, 7) is 6.94. The zero-order chi connectivity index (χ0) is 9.40. The maximum atomic E-state index is 5.52. The van der Waals surface area contributed by atoms with Gasteiger partial charge in [-0.2, -0.15) is 0 Å². The van der Waals surface area contributed by atoms with Gasteiger partial charge >= 0.3 is 0 Å². The summed E-state index contributed by atoms with van der Waals surface area (Å²) in [7, 11) is 5.52. The first-order valence-electron chi connectivity index (χ1n) is 5.42. The van der Waals surface area contributed by atoms with E-state index >= 15 is 0 Å².